The molecule has 2 N–H and O–H groups in total. The van der Waals surface area contributed by atoms with Crippen LogP contribution in [-0.2, 0) is 20.4 Å². The molecule has 2 aromatic rings. The Bertz CT molecular complexity index is 723. The summed E-state index contributed by atoms with van der Waals surface area (Å²) in [5, 5.41) is 5.53. The number of anilines is 2. The molecular formula is C23H30N2O2. The van der Waals surface area contributed by atoms with Crippen molar-refractivity contribution in [1.82, 2.24) is 0 Å². The van der Waals surface area contributed by atoms with Gasteiger partial charge in [0.1, 0.15) is 6.42 Å². The Morgan fingerprint density at radius 3 is 1.19 bits per heavy atom. The van der Waals surface area contributed by atoms with E-state index in [1.165, 1.54) is 11.1 Å². The molecule has 0 heterocycles. The van der Waals surface area contributed by atoms with Crippen molar-refractivity contribution < 1.29 is 9.59 Å². The summed E-state index contributed by atoms with van der Waals surface area (Å²) < 4.78 is 0. The van der Waals surface area contributed by atoms with Crippen LogP contribution in [0.5, 0.6) is 0 Å². The molecule has 2 rings (SSSR count). The molecular weight excluding hydrogens is 336 g/mol. The van der Waals surface area contributed by atoms with Crippen molar-refractivity contribution >= 4 is 23.2 Å². The standard InChI is InChI=1S/C23H30N2O2/c1-22(2,3)16-7-11-18(12-8-16)24-20(26)15-21(27)25-19-13-9-17(10-14-19)23(4,5)6/h7-14H,15H2,1-6H3,(H,24,26)(H,25,27). The van der Waals surface area contributed by atoms with Gasteiger partial charge < -0.3 is 10.6 Å². The molecule has 0 aliphatic rings. The quantitative estimate of drug-likeness (QED) is 0.726. The van der Waals surface area contributed by atoms with E-state index in [-0.39, 0.29) is 29.1 Å². The largest absolute Gasteiger partial charge is 0.326 e. The fourth-order valence-corrected chi connectivity index (χ4v) is 2.66. The smallest absolute Gasteiger partial charge is 0.233 e. The third-order valence-electron chi connectivity index (χ3n) is 4.39. The van der Waals surface area contributed by atoms with Crippen LogP contribution < -0.4 is 10.6 Å². The van der Waals surface area contributed by atoms with Crippen LogP contribution >= 0.6 is 0 Å². The predicted octanol–water partition coefficient (Wildman–Crippen LogP) is 5.25. The van der Waals surface area contributed by atoms with Crippen molar-refractivity contribution in [3.63, 3.8) is 0 Å². The van der Waals surface area contributed by atoms with E-state index in [4.69, 9.17) is 0 Å². The molecule has 27 heavy (non-hydrogen) atoms. The highest BCUT2D eigenvalue weighted by molar-refractivity contribution is 6.08. The first-order chi connectivity index (χ1) is 12.4. The Balaban J connectivity index is 1.89. The number of nitrogens with one attached hydrogen (secondary N) is 2. The SMILES string of the molecule is CC(C)(C)c1ccc(NC(=O)CC(=O)Nc2ccc(C(C)(C)C)cc2)cc1. The molecule has 0 radical (unpaired) electrons. The molecule has 0 aromatic heterocycles. The molecule has 4 heteroatoms. The molecule has 0 spiro atoms. The van der Waals surface area contributed by atoms with Gasteiger partial charge in [-0.3, -0.25) is 9.59 Å². The minimum atomic E-state index is -0.331. The van der Waals surface area contributed by atoms with E-state index in [9.17, 15) is 9.59 Å². The average molecular weight is 367 g/mol. The zero-order valence-corrected chi connectivity index (χ0v) is 17.1. The molecule has 4 nitrogen and oxygen atoms in total. The summed E-state index contributed by atoms with van der Waals surface area (Å²) in [6.07, 6.45) is -0.220. The highest BCUT2D eigenvalue weighted by Gasteiger charge is 2.15. The molecule has 0 aliphatic carbocycles. The van der Waals surface area contributed by atoms with Gasteiger partial charge in [-0.2, -0.15) is 0 Å². The fraction of sp³-hybridized carbons (Fsp3) is 0.391. The minimum absolute atomic E-state index is 0.0605. The molecule has 2 amide bonds. The van der Waals surface area contributed by atoms with Crippen LogP contribution in [0.15, 0.2) is 48.5 Å². The zero-order chi connectivity index (χ0) is 20.2. The van der Waals surface area contributed by atoms with E-state index >= 15 is 0 Å². The van der Waals surface area contributed by atoms with Gasteiger partial charge in [-0.25, -0.2) is 0 Å². The summed E-state index contributed by atoms with van der Waals surface area (Å²) in [5.41, 5.74) is 3.88. The first-order valence-corrected chi connectivity index (χ1v) is 9.26. The molecule has 0 fully saturated rings. The first-order valence-electron chi connectivity index (χ1n) is 9.26. The molecule has 0 saturated carbocycles. The summed E-state index contributed by atoms with van der Waals surface area (Å²) in [6.45, 7) is 12.8. The molecule has 0 bridgehead atoms. The minimum Gasteiger partial charge on any atom is -0.326 e. The Kier molecular flexibility index (Phi) is 6.09. The average Bonchev–Trinajstić information content (AvgIpc) is 2.53. The Morgan fingerprint density at radius 2 is 0.926 bits per heavy atom. The van der Waals surface area contributed by atoms with Crippen molar-refractivity contribution in [3.8, 4) is 0 Å². The summed E-state index contributed by atoms with van der Waals surface area (Å²) in [7, 11) is 0. The lowest BCUT2D eigenvalue weighted by atomic mass is 9.87. The normalized spacial score (nSPS) is 11.8. The van der Waals surface area contributed by atoms with E-state index in [1.54, 1.807) is 0 Å². The van der Waals surface area contributed by atoms with Gasteiger partial charge in [0, 0.05) is 11.4 Å². The lowest BCUT2D eigenvalue weighted by Crippen LogP contribution is -2.21. The molecule has 144 valence electrons. The molecule has 0 saturated heterocycles. The van der Waals surface area contributed by atoms with E-state index < -0.39 is 0 Å². The third kappa shape index (κ3) is 6.24. The van der Waals surface area contributed by atoms with Gasteiger partial charge in [-0.15, -0.1) is 0 Å². The van der Waals surface area contributed by atoms with Crippen molar-refractivity contribution in [2.24, 2.45) is 0 Å². The van der Waals surface area contributed by atoms with Gasteiger partial charge in [0.15, 0.2) is 0 Å². The lowest BCUT2D eigenvalue weighted by Gasteiger charge is -2.19. The Labute approximate surface area is 162 Å². The van der Waals surface area contributed by atoms with Crippen molar-refractivity contribution in [3.05, 3.63) is 59.7 Å². The van der Waals surface area contributed by atoms with Crippen molar-refractivity contribution in [1.29, 1.82) is 0 Å². The number of benzene rings is 2. The molecule has 0 aliphatic heterocycles. The highest BCUT2D eigenvalue weighted by atomic mass is 16.2. The molecule has 0 unspecified atom stereocenters. The fourth-order valence-electron chi connectivity index (χ4n) is 2.66. The first kappa shape index (κ1) is 20.7. The van der Waals surface area contributed by atoms with Gasteiger partial charge in [0.05, 0.1) is 0 Å². The Morgan fingerprint density at radius 1 is 0.630 bits per heavy atom. The van der Waals surface area contributed by atoms with Gasteiger partial charge in [-0.05, 0) is 46.2 Å². The van der Waals surface area contributed by atoms with E-state index in [0.717, 1.165) is 0 Å². The van der Waals surface area contributed by atoms with Crippen LogP contribution in [0.4, 0.5) is 11.4 Å². The van der Waals surface area contributed by atoms with Crippen LogP contribution in [0.25, 0.3) is 0 Å². The van der Waals surface area contributed by atoms with Gasteiger partial charge in [-0.1, -0.05) is 65.8 Å². The number of rotatable bonds is 4. The van der Waals surface area contributed by atoms with Gasteiger partial charge >= 0.3 is 0 Å². The number of carbonyl (C=O) groups is 2. The zero-order valence-electron chi connectivity index (χ0n) is 17.1. The maximum absolute atomic E-state index is 12.1. The van der Waals surface area contributed by atoms with Crippen molar-refractivity contribution in [2.45, 2.75) is 58.8 Å². The van der Waals surface area contributed by atoms with Crippen LogP contribution in [0, 0.1) is 0 Å². The second kappa shape index (κ2) is 7.95. The van der Waals surface area contributed by atoms with Crippen LogP contribution in [0.2, 0.25) is 0 Å². The van der Waals surface area contributed by atoms with Gasteiger partial charge in [0.2, 0.25) is 11.8 Å². The summed E-state index contributed by atoms with van der Waals surface area (Å²) in [5.74, 6) is -0.662. The topological polar surface area (TPSA) is 58.2 Å². The van der Waals surface area contributed by atoms with E-state index in [0.29, 0.717) is 11.4 Å². The summed E-state index contributed by atoms with van der Waals surface area (Å²) >= 11 is 0. The Hall–Kier alpha value is -2.62. The molecule has 2 aromatic carbocycles. The lowest BCUT2D eigenvalue weighted by molar-refractivity contribution is -0.123. The van der Waals surface area contributed by atoms with E-state index in [1.807, 2.05) is 48.5 Å². The van der Waals surface area contributed by atoms with Gasteiger partial charge in [0.25, 0.3) is 0 Å². The second-order valence-electron chi connectivity index (χ2n) is 8.93. The summed E-state index contributed by atoms with van der Waals surface area (Å²) in [4.78, 5) is 24.2. The predicted molar refractivity (Wildman–Crippen MR) is 112 cm³/mol. The molecule has 0 atom stereocenters. The second-order valence-corrected chi connectivity index (χ2v) is 8.93. The van der Waals surface area contributed by atoms with E-state index in [2.05, 4.69) is 52.2 Å². The highest BCUT2D eigenvalue weighted by Crippen LogP contribution is 2.24. The maximum Gasteiger partial charge on any atom is 0.233 e. The summed E-state index contributed by atoms with van der Waals surface area (Å²) in [6, 6.07) is 15.4. The number of hydrogen-bond donors (Lipinski definition) is 2. The third-order valence-corrected chi connectivity index (χ3v) is 4.39. The number of carbonyl (C=O) groups excluding carboxylic acids is 2. The monoisotopic (exact) mass is 366 g/mol. The number of amides is 2. The van der Waals surface area contributed by atoms with Crippen LogP contribution in [0.3, 0.4) is 0 Å². The maximum atomic E-state index is 12.1. The van der Waals surface area contributed by atoms with Crippen molar-refractivity contribution in [2.75, 3.05) is 10.6 Å². The van der Waals surface area contributed by atoms with Crippen LogP contribution in [0.1, 0.15) is 59.1 Å². The van der Waals surface area contributed by atoms with Crippen LogP contribution in [-0.4, -0.2) is 11.8 Å². The number of hydrogen-bond acceptors (Lipinski definition) is 2.